The van der Waals surface area contributed by atoms with Crippen LogP contribution in [0, 0.1) is 0 Å². The molecule has 1 saturated carbocycles. The van der Waals surface area contributed by atoms with Gasteiger partial charge in [0, 0.05) is 17.8 Å². The lowest BCUT2D eigenvalue weighted by Crippen LogP contribution is -2.59. The molecule has 1 atom stereocenters. The molecule has 1 spiro atoms. The first-order chi connectivity index (χ1) is 10.3. The number of aromatic nitrogens is 1. The van der Waals surface area contributed by atoms with Crippen LogP contribution in [0.1, 0.15) is 41.7 Å². The molecule has 1 saturated heterocycles. The number of carbonyl (C=O) groups is 1. The minimum absolute atomic E-state index is 0.0334. The van der Waals surface area contributed by atoms with Crippen LogP contribution in [0.5, 0.6) is 0 Å². The number of alkyl halides is 3. The van der Waals surface area contributed by atoms with E-state index in [1.165, 1.54) is 0 Å². The summed E-state index contributed by atoms with van der Waals surface area (Å²) in [4.78, 5) is 15.8. The fraction of sp³-hybridized carbons (Fsp3) is 0.571. The van der Waals surface area contributed by atoms with E-state index >= 15 is 0 Å². The van der Waals surface area contributed by atoms with Gasteiger partial charge in [0.2, 0.25) is 0 Å². The third-order valence-corrected chi connectivity index (χ3v) is 4.80. The summed E-state index contributed by atoms with van der Waals surface area (Å²) < 4.78 is 37.7. The summed E-state index contributed by atoms with van der Waals surface area (Å²) in [6.07, 6.45) is -0.00922. The van der Waals surface area contributed by atoms with Crippen molar-refractivity contribution in [2.45, 2.75) is 43.4 Å². The van der Waals surface area contributed by atoms with Gasteiger partial charge < -0.3 is 10.6 Å². The summed E-state index contributed by atoms with van der Waals surface area (Å²) in [5, 5.41) is 5.97. The average Bonchev–Trinajstić information content (AvgIpc) is 2.80. The number of carbonyl (C=O) groups excluding carboxylic acids is 1. The van der Waals surface area contributed by atoms with Crippen molar-refractivity contribution in [1.29, 1.82) is 0 Å². The van der Waals surface area contributed by atoms with Crippen LogP contribution in [-0.4, -0.2) is 29.0 Å². The van der Waals surface area contributed by atoms with Crippen LogP contribution in [0.25, 0.3) is 0 Å². The SMILES string of the molecule is O=C(NC1CCNC12CCC2)c1ncc(C(F)(F)F)cc1Cl. The van der Waals surface area contributed by atoms with Gasteiger partial charge in [0.25, 0.3) is 5.91 Å². The molecule has 2 aliphatic rings. The van der Waals surface area contributed by atoms with Crippen LogP contribution < -0.4 is 10.6 Å². The van der Waals surface area contributed by atoms with E-state index in [2.05, 4.69) is 15.6 Å². The van der Waals surface area contributed by atoms with Crippen LogP contribution in [0.3, 0.4) is 0 Å². The molecule has 2 N–H and O–H groups in total. The molecule has 8 heteroatoms. The molecule has 1 unspecified atom stereocenters. The van der Waals surface area contributed by atoms with E-state index in [0.717, 1.165) is 38.3 Å². The van der Waals surface area contributed by atoms with Gasteiger partial charge in [-0.25, -0.2) is 4.98 Å². The van der Waals surface area contributed by atoms with Gasteiger partial charge in [-0.05, 0) is 38.3 Å². The molecule has 0 bridgehead atoms. The van der Waals surface area contributed by atoms with Crippen LogP contribution in [0.15, 0.2) is 12.3 Å². The Kier molecular flexibility index (Phi) is 3.81. The number of halogens is 4. The molecule has 2 heterocycles. The smallest absolute Gasteiger partial charge is 0.346 e. The first kappa shape index (κ1) is 15.6. The standard InChI is InChI=1S/C14H15ClF3N3O/c15-9-6-8(14(16,17)18)7-19-11(9)12(22)21-10-2-5-20-13(10)3-1-4-13/h6-7,10,20H,1-5H2,(H,21,22). The molecule has 120 valence electrons. The topological polar surface area (TPSA) is 54.0 Å². The van der Waals surface area contributed by atoms with Crippen molar-refractivity contribution in [3.05, 3.63) is 28.5 Å². The molecule has 1 aliphatic heterocycles. The minimum Gasteiger partial charge on any atom is -0.346 e. The van der Waals surface area contributed by atoms with E-state index in [0.29, 0.717) is 6.20 Å². The lowest BCUT2D eigenvalue weighted by atomic mass is 9.73. The van der Waals surface area contributed by atoms with Crippen LogP contribution in [0.4, 0.5) is 13.2 Å². The van der Waals surface area contributed by atoms with Gasteiger partial charge in [-0.1, -0.05) is 11.6 Å². The second kappa shape index (κ2) is 5.38. The zero-order chi connectivity index (χ0) is 16.0. The normalized spacial score (nSPS) is 23.4. The van der Waals surface area contributed by atoms with Crippen LogP contribution in [0.2, 0.25) is 5.02 Å². The summed E-state index contributed by atoms with van der Waals surface area (Å²) in [5.74, 6) is -0.529. The van der Waals surface area contributed by atoms with E-state index in [9.17, 15) is 18.0 Å². The van der Waals surface area contributed by atoms with Gasteiger partial charge in [-0.3, -0.25) is 4.79 Å². The van der Waals surface area contributed by atoms with Crippen LogP contribution >= 0.6 is 11.6 Å². The summed E-state index contributed by atoms with van der Waals surface area (Å²) in [6, 6.07) is 0.698. The Morgan fingerprint density at radius 2 is 2.18 bits per heavy atom. The molecule has 0 radical (unpaired) electrons. The second-order valence-electron chi connectivity index (χ2n) is 5.80. The first-order valence-corrected chi connectivity index (χ1v) is 7.48. The van der Waals surface area contributed by atoms with Crippen molar-refractivity contribution in [3.63, 3.8) is 0 Å². The predicted molar refractivity (Wildman–Crippen MR) is 74.7 cm³/mol. The van der Waals surface area contributed by atoms with Crippen molar-refractivity contribution in [1.82, 2.24) is 15.6 Å². The minimum atomic E-state index is -4.53. The lowest BCUT2D eigenvalue weighted by Gasteiger charge is -2.43. The Bertz CT molecular complexity index is 601. The monoisotopic (exact) mass is 333 g/mol. The predicted octanol–water partition coefficient (Wildman–Crippen LogP) is 2.77. The van der Waals surface area contributed by atoms with Gasteiger partial charge in [0.05, 0.1) is 10.6 Å². The van der Waals surface area contributed by atoms with Crippen molar-refractivity contribution in [3.8, 4) is 0 Å². The molecule has 4 nitrogen and oxygen atoms in total. The molecule has 2 fully saturated rings. The molecular formula is C14H15ClF3N3O. The van der Waals surface area contributed by atoms with Gasteiger partial charge in [-0.15, -0.1) is 0 Å². The Hall–Kier alpha value is -1.34. The van der Waals surface area contributed by atoms with E-state index in [1.807, 2.05) is 0 Å². The number of hydrogen-bond acceptors (Lipinski definition) is 3. The van der Waals surface area contributed by atoms with E-state index in [4.69, 9.17) is 11.6 Å². The number of amides is 1. The van der Waals surface area contributed by atoms with Crippen LogP contribution in [-0.2, 0) is 6.18 Å². The Morgan fingerprint density at radius 1 is 1.45 bits per heavy atom. The third-order valence-electron chi connectivity index (χ3n) is 4.51. The Morgan fingerprint density at radius 3 is 2.73 bits per heavy atom. The highest BCUT2D eigenvalue weighted by Gasteiger charge is 2.47. The highest BCUT2D eigenvalue weighted by molar-refractivity contribution is 6.33. The zero-order valence-electron chi connectivity index (χ0n) is 11.6. The van der Waals surface area contributed by atoms with Crippen molar-refractivity contribution in [2.75, 3.05) is 6.54 Å². The molecule has 1 amide bonds. The fourth-order valence-corrected chi connectivity index (χ4v) is 3.40. The maximum atomic E-state index is 12.6. The molecule has 1 aliphatic carbocycles. The second-order valence-corrected chi connectivity index (χ2v) is 6.21. The molecule has 1 aromatic heterocycles. The van der Waals surface area contributed by atoms with Crippen molar-refractivity contribution >= 4 is 17.5 Å². The summed E-state index contributed by atoms with van der Waals surface area (Å²) in [5.41, 5.74) is -1.20. The van der Waals surface area contributed by atoms with E-state index < -0.39 is 17.6 Å². The van der Waals surface area contributed by atoms with Gasteiger partial charge in [0.1, 0.15) is 5.69 Å². The number of rotatable bonds is 2. The number of nitrogens with zero attached hydrogens (tertiary/aromatic N) is 1. The zero-order valence-corrected chi connectivity index (χ0v) is 12.4. The Labute approximate surface area is 130 Å². The molecule has 22 heavy (non-hydrogen) atoms. The maximum Gasteiger partial charge on any atom is 0.417 e. The Balaban J connectivity index is 1.75. The number of nitrogens with one attached hydrogen (secondary N) is 2. The van der Waals surface area contributed by atoms with Gasteiger partial charge in [0.15, 0.2) is 0 Å². The maximum absolute atomic E-state index is 12.6. The number of hydrogen-bond donors (Lipinski definition) is 2. The first-order valence-electron chi connectivity index (χ1n) is 7.10. The lowest BCUT2D eigenvalue weighted by molar-refractivity contribution is -0.137. The molecular weight excluding hydrogens is 319 g/mol. The van der Waals surface area contributed by atoms with Gasteiger partial charge in [-0.2, -0.15) is 13.2 Å². The largest absolute Gasteiger partial charge is 0.417 e. The fourth-order valence-electron chi connectivity index (χ4n) is 3.14. The van der Waals surface area contributed by atoms with Crippen molar-refractivity contribution in [2.24, 2.45) is 0 Å². The van der Waals surface area contributed by atoms with E-state index in [1.54, 1.807) is 0 Å². The number of pyridine rings is 1. The summed E-state index contributed by atoms with van der Waals surface area (Å²) in [6.45, 7) is 0.819. The molecule has 1 aromatic rings. The highest BCUT2D eigenvalue weighted by Crippen LogP contribution is 2.39. The third kappa shape index (κ3) is 2.67. The van der Waals surface area contributed by atoms with Gasteiger partial charge >= 0.3 is 6.18 Å². The molecule has 3 rings (SSSR count). The average molecular weight is 334 g/mol. The highest BCUT2D eigenvalue weighted by atomic mass is 35.5. The van der Waals surface area contributed by atoms with E-state index in [-0.39, 0.29) is 22.3 Å². The summed E-state index contributed by atoms with van der Waals surface area (Å²) >= 11 is 5.80. The van der Waals surface area contributed by atoms with Crippen molar-refractivity contribution < 1.29 is 18.0 Å². The quantitative estimate of drug-likeness (QED) is 0.875. The summed E-state index contributed by atoms with van der Waals surface area (Å²) in [7, 11) is 0. The molecule has 0 aromatic carbocycles.